The molecule has 1 aromatic carbocycles. The van der Waals surface area contributed by atoms with Crippen LogP contribution in [0.4, 0.5) is 0 Å². The largest absolute Gasteiger partial charge is 0.341 e. The molecule has 2 heterocycles. The van der Waals surface area contributed by atoms with Gasteiger partial charge in [0, 0.05) is 19.0 Å². The van der Waals surface area contributed by atoms with Gasteiger partial charge in [-0.2, -0.15) is 0 Å². The average molecular weight is 362 g/mol. The maximum absolute atomic E-state index is 12.8. The molecule has 134 valence electrons. The molecular weight excluding hydrogens is 340 g/mol. The van der Waals surface area contributed by atoms with Crippen molar-refractivity contribution in [3.8, 4) is 0 Å². The number of likely N-dealkylation sites (tertiary alicyclic amines) is 1. The van der Waals surface area contributed by atoms with Crippen LogP contribution in [0.5, 0.6) is 0 Å². The smallest absolute Gasteiger partial charge is 0.242 e. The van der Waals surface area contributed by atoms with Crippen molar-refractivity contribution in [2.24, 2.45) is 11.1 Å². The summed E-state index contributed by atoms with van der Waals surface area (Å²) in [6.07, 6.45) is 2.93. The maximum atomic E-state index is 12.8. The van der Waals surface area contributed by atoms with E-state index in [0.717, 1.165) is 29.7 Å². The van der Waals surface area contributed by atoms with Gasteiger partial charge in [-0.05, 0) is 37.3 Å². The van der Waals surface area contributed by atoms with Gasteiger partial charge in [-0.15, -0.1) is 0 Å². The molecule has 0 bridgehead atoms. The average Bonchev–Trinajstić information content (AvgIpc) is 3.19. The van der Waals surface area contributed by atoms with Crippen LogP contribution in [0.3, 0.4) is 0 Å². The SMILES string of the molecule is NS(=O)(=O)C[C@H]1CCN(C(=O)Cn2c(C3CC3)nc3ccccc32)C1. The molecule has 0 spiro atoms. The van der Waals surface area contributed by atoms with Crippen LogP contribution in [-0.4, -0.2) is 47.6 Å². The van der Waals surface area contributed by atoms with Gasteiger partial charge in [0.05, 0.1) is 16.8 Å². The fraction of sp³-hybridized carbons (Fsp3) is 0.529. The molecule has 2 N–H and O–H groups in total. The monoisotopic (exact) mass is 362 g/mol. The van der Waals surface area contributed by atoms with Crippen molar-refractivity contribution in [3.05, 3.63) is 30.1 Å². The summed E-state index contributed by atoms with van der Waals surface area (Å²) < 4.78 is 24.5. The molecule has 0 radical (unpaired) electrons. The van der Waals surface area contributed by atoms with Gasteiger partial charge in [-0.3, -0.25) is 4.79 Å². The van der Waals surface area contributed by atoms with Crippen LogP contribution < -0.4 is 5.14 Å². The van der Waals surface area contributed by atoms with E-state index < -0.39 is 10.0 Å². The minimum atomic E-state index is -3.50. The van der Waals surface area contributed by atoms with Crippen LogP contribution in [0.15, 0.2) is 24.3 Å². The number of hydrogen-bond acceptors (Lipinski definition) is 4. The number of para-hydroxylation sites is 2. The second-order valence-corrected chi connectivity index (χ2v) is 8.80. The zero-order valence-electron chi connectivity index (χ0n) is 14.0. The number of primary sulfonamides is 1. The number of aromatic nitrogens is 2. The molecule has 2 aromatic rings. The molecule has 1 amide bonds. The van der Waals surface area contributed by atoms with Crippen molar-refractivity contribution in [2.45, 2.75) is 31.7 Å². The van der Waals surface area contributed by atoms with Gasteiger partial charge in [0.15, 0.2) is 0 Å². The number of rotatable bonds is 5. The van der Waals surface area contributed by atoms with Crippen LogP contribution >= 0.6 is 0 Å². The molecule has 25 heavy (non-hydrogen) atoms. The molecule has 2 fully saturated rings. The maximum Gasteiger partial charge on any atom is 0.242 e. The lowest BCUT2D eigenvalue weighted by atomic mass is 10.2. The highest BCUT2D eigenvalue weighted by Crippen LogP contribution is 2.40. The lowest BCUT2D eigenvalue weighted by Gasteiger charge is -2.18. The number of amides is 1. The Labute approximate surface area is 146 Å². The van der Waals surface area contributed by atoms with Crippen molar-refractivity contribution in [1.82, 2.24) is 14.5 Å². The number of carbonyl (C=O) groups is 1. The molecule has 2 aliphatic rings. The number of fused-ring (bicyclic) bond motifs is 1. The van der Waals surface area contributed by atoms with Gasteiger partial charge in [-0.25, -0.2) is 18.5 Å². The highest BCUT2D eigenvalue weighted by atomic mass is 32.2. The number of imidazole rings is 1. The van der Waals surface area contributed by atoms with Crippen LogP contribution in [0.1, 0.15) is 31.0 Å². The van der Waals surface area contributed by atoms with Crippen LogP contribution in [0, 0.1) is 5.92 Å². The van der Waals surface area contributed by atoms with Crippen molar-refractivity contribution in [2.75, 3.05) is 18.8 Å². The van der Waals surface area contributed by atoms with E-state index in [9.17, 15) is 13.2 Å². The first-order chi connectivity index (χ1) is 11.9. The summed E-state index contributed by atoms with van der Waals surface area (Å²) in [4.78, 5) is 19.2. The normalized spacial score (nSPS) is 21.2. The summed E-state index contributed by atoms with van der Waals surface area (Å²) in [5.41, 5.74) is 1.91. The minimum Gasteiger partial charge on any atom is -0.341 e. The van der Waals surface area contributed by atoms with E-state index in [2.05, 4.69) is 0 Å². The van der Waals surface area contributed by atoms with E-state index in [1.54, 1.807) is 4.90 Å². The van der Waals surface area contributed by atoms with Crippen molar-refractivity contribution < 1.29 is 13.2 Å². The lowest BCUT2D eigenvalue weighted by molar-refractivity contribution is -0.130. The Hall–Kier alpha value is -1.93. The van der Waals surface area contributed by atoms with Crippen molar-refractivity contribution in [3.63, 3.8) is 0 Å². The highest BCUT2D eigenvalue weighted by Gasteiger charge is 2.32. The van der Waals surface area contributed by atoms with E-state index >= 15 is 0 Å². The molecule has 1 saturated heterocycles. The van der Waals surface area contributed by atoms with E-state index in [1.807, 2.05) is 28.8 Å². The molecule has 1 saturated carbocycles. The Morgan fingerprint density at radius 3 is 2.72 bits per heavy atom. The Bertz CT molecular complexity index is 917. The zero-order chi connectivity index (χ0) is 17.6. The topological polar surface area (TPSA) is 98.3 Å². The number of sulfonamides is 1. The molecule has 1 aliphatic heterocycles. The number of hydrogen-bond donors (Lipinski definition) is 1. The Morgan fingerprint density at radius 1 is 1.24 bits per heavy atom. The molecule has 7 nitrogen and oxygen atoms in total. The van der Waals surface area contributed by atoms with Crippen LogP contribution in [0.2, 0.25) is 0 Å². The fourth-order valence-electron chi connectivity index (χ4n) is 3.67. The second-order valence-electron chi connectivity index (χ2n) is 7.14. The zero-order valence-corrected chi connectivity index (χ0v) is 14.8. The highest BCUT2D eigenvalue weighted by molar-refractivity contribution is 7.89. The predicted octanol–water partition coefficient (Wildman–Crippen LogP) is 1.05. The van der Waals surface area contributed by atoms with Gasteiger partial charge < -0.3 is 9.47 Å². The molecule has 0 unspecified atom stereocenters. The van der Waals surface area contributed by atoms with Gasteiger partial charge >= 0.3 is 0 Å². The fourth-order valence-corrected chi connectivity index (χ4v) is 4.60. The van der Waals surface area contributed by atoms with Gasteiger partial charge in [-0.1, -0.05) is 12.1 Å². The summed E-state index contributed by atoms with van der Waals surface area (Å²) >= 11 is 0. The van der Waals surface area contributed by atoms with E-state index in [1.165, 1.54) is 0 Å². The molecule has 1 atom stereocenters. The summed E-state index contributed by atoms with van der Waals surface area (Å²) in [6.45, 7) is 1.31. The summed E-state index contributed by atoms with van der Waals surface area (Å²) in [5.74, 6) is 1.34. The van der Waals surface area contributed by atoms with Gasteiger partial charge in [0.2, 0.25) is 15.9 Å². The number of carbonyl (C=O) groups excluding carboxylic acids is 1. The summed E-state index contributed by atoms with van der Waals surface area (Å²) in [5, 5.41) is 5.13. The summed E-state index contributed by atoms with van der Waals surface area (Å²) in [7, 11) is -3.50. The molecule has 8 heteroatoms. The third kappa shape index (κ3) is 3.55. The molecular formula is C17H22N4O3S. The molecule has 4 rings (SSSR count). The first-order valence-corrected chi connectivity index (χ1v) is 10.4. The molecule has 1 aromatic heterocycles. The van der Waals surface area contributed by atoms with Crippen molar-refractivity contribution in [1.29, 1.82) is 0 Å². The first-order valence-electron chi connectivity index (χ1n) is 8.64. The summed E-state index contributed by atoms with van der Waals surface area (Å²) in [6, 6.07) is 7.88. The Morgan fingerprint density at radius 2 is 2.00 bits per heavy atom. The molecule has 1 aliphatic carbocycles. The first kappa shape index (κ1) is 16.5. The van der Waals surface area contributed by atoms with E-state index in [0.29, 0.717) is 25.4 Å². The van der Waals surface area contributed by atoms with Crippen molar-refractivity contribution >= 4 is 27.0 Å². The predicted molar refractivity (Wildman–Crippen MR) is 94.4 cm³/mol. The van der Waals surface area contributed by atoms with Crippen LogP contribution in [-0.2, 0) is 21.4 Å². The number of nitrogens with zero attached hydrogens (tertiary/aromatic N) is 3. The quantitative estimate of drug-likeness (QED) is 0.859. The third-order valence-corrected chi connectivity index (χ3v) is 5.96. The minimum absolute atomic E-state index is 0.0157. The van der Waals surface area contributed by atoms with E-state index in [4.69, 9.17) is 10.1 Å². The second kappa shape index (κ2) is 6.10. The van der Waals surface area contributed by atoms with Crippen LogP contribution in [0.25, 0.3) is 11.0 Å². The standard InChI is InChI=1S/C17H22N4O3S/c18-25(23,24)11-12-7-8-20(9-12)16(22)10-21-15-4-2-1-3-14(15)19-17(21)13-5-6-13/h1-4,12-13H,5-11H2,(H2,18,23,24)/t12-/m0/s1. The lowest BCUT2D eigenvalue weighted by Crippen LogP contribution is -2.33. The van der Waals surface area contributed by atoms with Gasteiger partial charge in [0.25, 0.3) is 0 Å². The number of benzene rings is 1. The third-order valence-electron chi connectivity index (χ3n) is 5.03. The Balaban J connectivity index is 1.52. The van der Waals surface area contributed by atoms with Gasteiger partial charge in [0.1, 0.15) is 12.4 Å². The van der Waals surface area contributed by atoms with E-state index in [-0.39, 0.29) is 24.1 Å². The Kier molecular flexibility index (Phi) is 4.04. The number of nitrogens with two attached hydrogens (primary N) is 1.